The van der Waals surface area contributed by atoms with E-state index in [4.69, 9.17) is 15.9 Å². The number of hydrogen-bond donors (Lipinski definition) is 3. The molecule has 0 amide bonds. The Hall–Kier alpha value is -0.480. The lowest BCUT2D eigenvalue weighted by atomic mass is 10.0. The zero-order valence-electron chi connectivity index (χ0n) is 6.73. The van der Waals surface area contributed by atoms with Gasteiger partial charge in [-0.15, -0.1) is 0 Å². The van der Waals surface area contributed by atoms with E-state index in [0.717, 1.165) is 0 Å². The molecule has 0 aromatic rings. The van der Waals surface area contributed by atoms with Gasteiger partial charge in [-0.05, 0) is 6.92 Å². The molecule has 0 rings (SSSR count). The van der Waals surface area contributed by atoms with Crippen molar-refractivity contribution in [3.63, 3.8) is 0 Å². The summed E-state index contributed by atoms with van der Waals surface area (Å²) in [6, 6.07) is 0. The minimum atomic E-state index is -1.83. The lowest BCUT2D eigenvalue weighted by Crippen LogP contribution is -2.45. The predicted octanol–water partition coefficient (Wildman–Crippen LogP) is -1.31. The molecule has 0 aliphatic heterocycles. The maximum atomic E-state index is 10.7. The van der Waals surface area contributed by atoms with Gasteiger partial charge in [0, 0.05) is 6.42 Å². The number of rotatable bonds is 4. The lowest BCUT2D eigenvalue weighted by molar-refractivity contribution is -0.155. The normalized spacial score (nSPS) is 17.2. The molecule has 5 nitrogen and oxygen atoms in total. The SMILES string of the molecule is CC(N)(CC=[P+]([O-])CO)C(=O)O. The molecule has 0 bridgehead atoms. The first-order chi connectivity index (χ1) is 5.40. The second-order valence-electron chi connectivity index (χ2n) is 2.67. The maximum Gasteiger partial charge on any atom is 0.323 e. The standard InChI is InChI=1S/C6H12NO4P/c1-6(7,5(9)10)2-3-12(11)4-8/h3,8H,2,4,7H2,1H3,(H,9,10). The number of aliphatic carboxylic acids is 1. The Labute approximate surface area is 71.3 Å². The number of carbonyl (C=O) groups is 1. The van der Waals surface area contributed by atoms with Crippen molar-refractivity contribution in [3.8, 4) is 0 Å². The number of carboxylic acid groups (broad SMARTS) is 1. The summed E-state index contributed by atoms with van der Waals surface area (Å²) in [5, 5.41) is 16.9. The van der Waals surface area contributed by atoms with Gasteiger partial charge in [0.25, 0.3) is 0 Å². The second kappa shape index (κ2) is 4.52. The summed E-state index contributed by atoms with van der Waals surface area (Å²) < 4.78 is 0. The zero-order chi connectivity index (χ0) is 9.78. The Morgan fingerprint density at radius 3 is 2.67 bits per heavy atom. The van der Waals surface area contributed by atoms with Gasteiger partial charge in [0.1, 0.15) is 5.54 Å². The molecule has 0 saturated carbocycles. The second-order valence-corrected chi connectivity index (χ2v) is 4.15. The molecule has 70 valence electrons. The summed E-state index contributed by atoms with van der Waals surface area (Å²) in [7, 11) is -1.83. The number of hydrogen-bond acceptors (Lipinski definition) is 4. The molecule has 0 spiro atoms. The molecule has 0 aromatic heterocycles. The highest BCUT2D eigenvalue weighted by molar-refractivity contribution is 7.49. The van der Waals surface area contributed by atoms with E-state index in [2.05, 4.69) is 0 Å². The lowest BCUT2D eigenvalue weighted by Gasteiger charge is -2.15. The first-order valence-electron chi connectivity index (χ1n) is 3.30. The van der Waals surface area contributed by atoms with E-state index in [1.54, 1.807) is 0 Å². The quantitative estimate of drug-likeness (QED) is 0.480. The van der Waals surface area contributed by atoms with E-state index < -0.39 is 25.6 Å². The summed E-state index contributed by atoms with van der Waals surface area (Å²) in [6.07, 6.45) is -0.483. The average Bonchev–Trinajstić information content (AvgIpc) is 2.00. The van der Waals surface area contributed by atoms with Crippen LogP contribution in [0, 0.1) is 0 Å². The molecule has 2 unspecified atom stereocenters. The van der Waals surface area contributed by atoms with Gasteiger partial charge in [0.15, 0.2) is 6.35 Å². The minimum absolute atomic E-state index is 0.0158. The van der Waals surface area contributed by atoms with Crippen molar-refractivity contribution in [2.45, 2.75) is 18.9 Å². The number of aliphatic hydroxyl groups excluding tert-OH is 1. The van der Waals surface area contributed by atoms with Crippen LogP contribution in [0.2, 0.25) is 0 Å². The van der Waals surface area contributed by atoms with Crippen molar-refractivity contribution in [2.24, 2.45) is 5.73 Å². The third-order valence-corrected chi connectivity index (χ3v) is 2.22. The maximum absolute atomic E-state index is 10.7. The van der Waals surface area contributed by atoms with E-state index in [9.17, 15) is 9.69 Å². The van der Waals surface area contributed by atoms with Gasteiger partial charge in [0.05, 0.1) is 13.6 Å². The molecular weight excluding hydrogens is 181 g/mol. The molecule has 0 aromatic carbocycles. The molecule has 2 atom stereocenters. The third kappa shape index (κ3) is 3.78. The van der Waals surface area contributed by atoms with Crippen LogP contribution in [0.3, 0.4) is 0 Å². The van der Waals surface area contributed by atoms with Crippen LogP contribution in [0.1, 0.15) is 13.3 Å². The number of nitrogens with two attached hydrogens (primary N) is 1. The van der Waals surface area contributed by atoms with Gasteiger partial charge in [-0.25, -0.2) is 0 Å². The predicted molar refractivity (Wildman–Crippen MR) is 44.9 cm³/mol. The van der Waals surface area contributed by atoms with Gasteiger partial charge in [-0.2, -0.15) is 0 Å². The monoisotopic (exact) mass is 193 g/mol. The van der Waals surface area contributed by atoms with Gasteiger partial charge in [-0.1, -0.05) is 0 Å². The Kier molecular flexibility index (Phi) is 4.34. The van der Waals surface area contributed by atoms with Crippen LogP contribution < -0.4 is 10.6 Å². The number of aliphatic hydroxyl groups is 1. The first-order valence-corrected chi connectivity index (χ1v) is 4.82. The average molecular weight is 193 g/mol. The molecule has 0 aliphatic rings. The molecule has 12 heavy (non-hydrogen) atoms. The molecular formula is C6H12NO4P. The Bertz CT molecular complexity index is 202. The van der Waals surface area contributed by atoms with Crippen molar-refractivity contribution < 1.29 is 19.9 Å². The van der Waals surface area contributed by atoms with Crippen molar-refractivity contribution in [2.75, 3.05) is 6.35 Å². The Morgan fingerprint density at radius 2 is 2.33 bits per heavy atom. The van der Waals surface area contributed by atoms with E-state index in [1.165, 1.54) is 12.7 Å². The minimum Gasteiger partial charge on any atom is -0.629 e. The summed E-state index contributed by atoms with van der Waals surface area (Å²) in [6.45, 7) is 1.33. The molecule has 0 aliphatic carbocycles. The summed E-state index contributed by atoms with van der Waals surface area (Å²) in [5.74, 6) is 0.0730. The van der Waals surface area contributed by atoms with Crippen LogP contribution in [-0.2, 0) is 4.79 Å². The molecule has 0 fully saturated rings. The molecule has 6 heteroatoms. The zero-order valence-corrected chi connectivity index (χ0v) is 7.62. The molecule has 0 heterocycles. The highest BCUT2D eigenvalue weighted by Gasteiger charge is 2.27. The first kappa shape index (κ1) is 11.5. The van der Waals surface area contributed by atoms with Crippen molar-refractivity contribution >= 4 is 19.5 Å². The van der Waals surface area contributed by atoms with Crippen molar-refractivity contribution in [1.82, 2.24) is 0 Å². The van der Waals surface area contributed by atoms with Crippen molar-refractivity contribution in [3.05, 3.63) is 0 Å². The van der Waals surface area contributed by atoms with E-state index in [1.807, 2.05) is 0 Å². The Balaban J connectivity index is 4.17. The van der Waals surface area contributed by atoms with Gasteiger partial charge >= 0.3 is 5.97 Å². The summed E-state index contributed by atoms with van der Waals surface area (Å²) >= 11 is 0. The van der Waals surface area contributed by atoms with E-state index in [0.29, 0.717) is 0 Å². The van der Waals surface area contributed by atoms with Gasteiger partial charge in [-0.3, -0.25) is 4.79 Å². The summed E-state index contributed by atoms with van der Waals surface area (Å²) in [4.78, 5) is 21.1. The fraction of sp³-hybridized carbons (Fsp3) is 0.667. The largest absolute Gasteiger partial charge is 0.629 e. The van der Waals surface area contributed by atoms with Crippen LogP contribution in [0.15, 0.2) is 0 Å². The third-order valence-electron chi connectivity index (χ3n) is 1.35. The van der Waals surface area contributed by atoms with Crippen LogP contribution in [0.5, 0.6) is 0 Å². The van der Waals surface area contributed by atoms with Crippen LogP contribution >= 0.6 is 7.77 Å². The fourth-order valence-electron chi connectivity index (χ4n) is 0.436. The Morgan fingerprint density at radius 1 is 1.83 bits per heavy atom. The van der Waals surface area contributed by atoms with Gasteiger partial charge in [0.2, 0.25) is 0 Å². The topological polar surface area (TPSA) is 107 Å². The smallest absolute Gasteiger partial charge is 0.323 e. The van der Waals surface area contributed by atoms with Crippen molar-refractivity contribution in [1.29, 1.82) is 0 Å². The van der Waals surface area contributed by atoms with E-state index >= 15 is 0 Å². The van der Waals surface area contributed by atoms with Crippen LogP contribution in [-0.4, -0.2) is 33.9 Å². The highest BCUT2D eigenvalue weighted by atomic mass is 31.1. The van der Waals surface area contributed by atoms with E-state index in [-0.39, 0.29) is 6.42 Å². The van der Waals surface area contributed by atoms with Crippen LogP contribution in [0.25, 0.3) is 0 Å². The molecule has 4 N–H and O–H groups in total. The highest BCUT2D eigenvalue weighted by Crippen LogP contribution is 2.11. The van der Waals surface area contributed by atoms with Crippen LogP contribution in [0.4, 0.5) is 0 Å². The number of carboxylic acids is 1. The fourth-order valence-corrected chi connectivity index (χ4v) is 1.13. The molecule has 0 saturated heterocycles. The summed E-state index contributed by atoms with van der Waals surface area (Å²) in [5.41, 5.74) is 3.92. The van der Waals surface area contributed by atoms with Gasteiger partial charge < -0.3 is 20.8 Å². The molecule has 0 radical (unpaired) electrons.